The van der Waals surface area contributed by atoms with Gasteiger partial charge < -0.3 is 19.9 Å². The highest BCUT2D eigenvalue weighted by Crippen LogP contribution is 2.35. The first-order valence-corrected chi connectivity index (χ1v) is 9.80. The van der Waals surface area contributed by atoms with Gasteiger partial charge in [-0.05, 0) is 45.2 Å². The van der Waals surface area contributed by atoms with E-state index in [0.717, 1.165) is 69.9 Å². The Balaban J connectivity index is 0.00000196. The number of piperidine rings is 1. The summed E-state index contributed by atoms with van der Waals surface area (Å²) < 4.78 is 11.1. The zero-order chi connectivity index (χ0) is 17.1. The second-order valence-electron chi connectivity index (χ2n) is 7.94. The maximum Gasteiger partial charge on any atom is 0.226 e. The number of halogens is 1. The first kappa shape index (κ1) is 19.6. The molecule has 2 N–H and O–H groups in total. The molecule has 1 saturated carbocycles. The number of carbonyl (C=O) groups excluding carboxylic acids is 1. The molecule has 6 nitrogen and oxygen atoms in total. The van der Waals surface area contributed by atoms with Gasteiger partial charge in [0, 0.05) is 31.1 Å². The summed E-state index contributed by atoms with van der Waals surface area (Å²) >= 11 is 0. The number of hydrogen-bond donors (Lipinski definition) is 2. The van der Waals surface area contributed by atoms with Crippen molar-refractivity contribution in [3.8, 4) is 0 Å². The molecule has 26 heavy (non-hydrogen) atoms. The van der Waals surface area contributed by atoms with Crippen molar-refractivity contribution in [3.05, 3.63) is 17.5 Å². The van der Waals surface area contributed by atoms with Crippen LogP contribution >= 0.6 is 12.4 Å². The summed E-state index contributed by atoms with van der Waals surface area (Å²) in [5.74, 6) is 1.39. The monoisotopic (exact) mass is 383 g/mol. The smallest absolute Gasteiger partial charge is 0.226 e. The van der Waals surface area contributed by atoms with Gasteiger partial charge in [-0.25, -0.2) is 0 Å². The molecule has 3 fully saturated rings. The van der Waals surface area contributed by atoms with Crippen LogP contribution in [0.2, 0.25) is 0 Å². The lowest BCUT2D eigenvalue weighted by molar-refractivity contribution is -0.133. The van der Waals surface area contributed by atoms with Gasteiger partial charge in [-0.1, -0.05) is 18.0 Å². The van der Waals surface area contributed by atoms with Crippen molar-refractivity contribution in [2.24, 2.45) is 5.41 Å². The van der Waals surface area contributed by atoms with E-state index in [-0.39, 0.29) is 23.7 Å². The number of ether oxygens (including phenoxy) is 1. The minimum atomic E-state index is -0.364. The molecule has 3 heterocycles. The maximum atomic E-state index is 13.1. The van der Waals surface area contributed by atoms with Crippen molar-refractivity contribution in [1.82, 2.24) is 15.8 Å². The molecular weight excluding hydrogens is 354 g/mol. The van der Waals surface area contributed by atoms with E-state index in [0.29, 0.717) is 18.4 Å². The molecule has 1 aromatic rings. The highest BCUT2D eigenvalue weighted by Gasteiger charge is 2.41. The van der Waals surface area contributed by atoms with Crippen LogP contribution in [0.5, 0.6) is 0 Å². The van der Waals surface area contributed by atoms with Crippen LogP contribution in [0, 0.1) is 5.41 Å². The largest absolute Gasteiger partial charge is 0.381 e. The first-order valence-electron chi connectivity index (χ1n) is 9.80. The highest BCUT2D eigenvalue weighted by atomic mass is 35.5. The third-order valence-electron chi connectivity index (χ3n) is 6.17. The van der Waals surface area contributed by atoms with Crippen molar-refractivity contribution >= 4 is 18.3 Å². The molecular formula is C19H30ClN3O3. The van der Waals surface area contributed by atoms with Crippen LogP contribution < -0.4 is 10.6 Å². The van der Waals surface area contributed by atoms with E-state index < -0.39 is 0 Å². The molecule has 0 aromatic carbocycles. The molecule has 4 rings (SSSR count). The van der Waals surface area contributed by atoms with E-state index in [1.54, 1.807) is 0 Å². The molecule has 146 valence electrons. The topological polar surface area (TPSA) is 76.4 Å². The molecule has 7 heteroatoms. The summed E-state index contributed by atoms with van der Waals surface area (Å²) in [5, 5.41) is 11.0. The molecule has 0 radical (unpaired) electrons. The fourth-order valence-corrected chi connectivity index (χ4v) is 4.50. The first-order chi connectivity index (χ1) is 12.3. The molecule has 2 aliphatic heterocycles. The van der Waals surface area contributed by atoms with Crippen molar-refractivity contribution in [3.63, 3.8) is 0 Å². The van der Waals surface area contributed by atoms with Crippen LogP contribution in [0.1, 0.15) is 62.3 Å². The quantitative estimate of drug-likeness (QED) is 0.817. The van der Waals surface area contributed by atoms with Crippen LogP contribution in [-0.2, 0) is 16.0 Å². The van der Waals surface area contributed by atoms with Gasteiger partial charge >= 0.3 is 0 Å². The van der Waals surface area contributed by atoms with Gasteiger partial charge in [0.25, 0.3) is 0 Å². The molecule has 3 aliphatic rings. The van der Waals surface area contributed by atoms with Gasteiger partial charge in [-0.15, -0.1) is 12.4 Å². The lowest BCUT2D eigenvalue weighted by Crippen LogP contribution is -2.51. The van der Waals surface area contributed by atoms with Gasteiger partial charge in [0.1, 0.15) is 5.76 Å². The van der Waals surface area contributed by atoms with Crippen molar-refractivity contribution in [1.29, 1.82) is 0 Å². The Morgan fingerprint density at radius 2 is 2.04 bits per heavy atom. The predicted molar refractivity (Wildman–Crippen MR) is 101 cm³/mol. The highest BCUT2D eigenvalue weighted by molar-refractivity contribution is 5.85. The number of amides is 1. The average molecular weight is 384 g/mol. The number of nitrogens with one attached hydrogen (secondary N) is 2. The summed E-state index contributed by atoms with van der Waals surface area (Å²) in [5.41, 5.74) is 0.615. The van der Waals surface area contributed by atoms with E-state index in [4.69, 9.17) is 9.26 Å². The third-order valence-corrected chi connectivity index (χ3v) is 6.17. The van der Waals surface area contributed by atoms with E-state index in [9.17, 15) is 4.79 Å². The molecule has 1 aliphatic carbocycles. The molecule has 2 saturated heterocycles. The molecule has 0 spiro atoms. The lowest BCUT2D eigenvalue weighted by Gasteiger charge is -2.36. The van der Waals surface area contributed by atoms with E-state index in [2.05, 4.69) is 15.8 Å². The summed E-state index contributed by atoms with van der Waals surface area (Å²) in [6.07, 6.45) is 8.06. The summed E-state index contributed by atoms with van der Waals surface area (Å²) in [4.78, 5) is 13.1. The predicted octanol–water partition coefficient (Wildman–Crippen LogP) is 2.57. The molecule has 1 amide bonds. The Morgan fingerprint density at radius 3 is 2.73 bits per heavy atom. The normalized spacial score (nSPS) is 25.8. The second kappa shape index (κ2) is 8.72. The van der Waals surface area contributed by atoms with Gasteiger partial charge in [-0.2, -0.15) is 0 Å². The van der Waals surface area contributed by atoms with Gasteiger partial charge in [0.2, 0.25) is 5.91 Å². The van der Waals surface area contributed by atoms with Gasteiger partial charge in [-0.3, -0.25) is 4.79 Å². The molecule has 0 bridgehead atoms. The molecule has 1 atom stereocenters. The van der Waals surface area contributed by atoms with E-state index in [1.165, 1.54) is 12.8 Å². The van der Waals surface area contributed by atoms with Crippen LogP contribution in [0.3, 0.4) is 0 Å². The fraction of sp³-hybridized carbons (Fsp3) is 0.789. The number of aromatic nitrogens is 1. The van der Waals surface area contributed by atoms with E-state index >= 15 is 0 Å². The van der Waals surface area contributed by atoms with Crippen molar-refractivity contribution < 1.29 is 14.1 Å². The summed E-state index contributed by atoms with van der Waals surface area (Å²) in [7, 11) is 0. The average Bonchev–Trinajstić information content (AvgIpc) is 3.38. The number of carbonyl (C=O) groups is 1. The van der Waals surface area contributed by atoms with Crippen molar-refractivity contribution in [2.45, 2.75) is 63.3 Å². The van der Waals surface area contributed by atoms with Crippen molar-refractivity contribution in [2.75, 3.05) is 26.3 Å². The Bertz CT molecular complexity index is 589. The van der Waals surface area contributed by atoms with E-state index in [1.807, 2.05) is 6.07 Å². The number of nitrogens with zero attached hydrogens (tertiary/aromatic N) is 1. The SMILES string of the molecule is Cl.O=C(NC1CCCC1)C1(Cc2cc(C3CCOC3)no2)CCNCC1. The fourth-order valence-electron chi connectivity index (χ4n) is 4.50. The minimum Gasteiger partial charge on any atom is -0.381 e. The third kappa shape index (κ3) is 4.24. The number of rotatable bonds is 5. The molecule has 1 aromatic heterocycles. The Labute approximate surface area is 161 Å². The maximum absolute atomic E-state index is 13.1. The standard InChI is InChI=1S/C19H29N3O3.ClH/c23-18(21-15-3-1-2-4-15)19(6-8-20-9-7-19)12-16-11-17(22-25-16)14-5-10-24-13-14;/h11,14-15,20H,1-10,12-13H2,(H,21,23);1H. The van der Waals surface area contributed by atoms with Crippen LogP contribution in [0.25, 0.3) is 0 Å². The van der Waals surface area contributed by atoms with Gasteiger partial charge in [0.05, 0.1) is 17.7 Å². The Morgan fingerprint density at radius 1 is 1.27 bits per heavy atom. The van der Waals surface area contributed by atoms with Crippen LogP contribution in [-0.4, -0.2) is 43.4 Å². The van der Waals surface area contributed by atoms with Crippen LogP contribution in [0.4, 0.5) is 0 Å². The lowest BCUT2D eigenvalue weighted by atomic mass is 9.74. The summed E-state index contributed by atoms with van der Waals surface area (Å²) in [6.45, 7) is 3.29. The van der Waals surface area contributed by atoms with Gasteiger partial charge in [0.15, 0.2) is 0 Å². The Kier molecular flexibility index (Phi) is 6.59. The number of hydrogen-bond acceptors (Lipinski definition) is 5. The summed E-state index contributed by atoms with van der Waals surface area (Å²) in [6, 6.07) is 2.41. The zero-order valence-electron chi connectivity index (χ0n) is 15.3. The minimum absolute atomic E-state index is 0. The Hall–Kier alpha value is -1.11. The van der Waals surface area contributed by atoms with Crippen LogP contribution in [0.15, 0.2) is 10.6 Å². The molecule has 1 unspecified atom stereocenters. The zero-order valence-corrected chi connectivity index (χ0v) is 16.1. The second-order valence-corrected chi connectivity index (χ2v) is 7.94.